The Balaban J connectivity index is 1.94. The fraction of sp³-hybridized carbons (Fsp3) is 0.562. The lowest BCUT2D eigenvalue weighted by molar-refractivity contribution is -0.136. The topological polar surface area (TPSA) is 32.8 Å². The summed E-state index contributed by atoms with van der Waals surface area (Å²) >= 11 is 0. The van der Waals surface area contributed by atoms with Crippen LogP contribution in [0.5, 0.6) is 5.75 Å². The summed E-state index contributed by atoms with van der Waals surface area (Å²) in [5.41, 5.74) is 0. The van der Waals surface area contributed by atoms with Crippen molar-refractivity contribution < 1.29 is 22.7 Å². The molecule has 1 aromatic carbocycles. The van der Waals surface area contributed by atoms with Crippen LogP contribution >= 0.6 is 0 Å². The normalized spacial score (nSPS) is 19.3. The molecule has 0 N–H and O–H groups in total. The highest BCUT2D eigenvalue weighted by atomic mass is 19.1. The minimum Gasteiger partial charge on any atom is -0.478 e. The van der Waals surface area contributed by atoms with Crippen LogP contribution < -0.4 is 4.74 Å². The number of hydrogen-bond donors (Lipinski definition) is 0. The zero-order valence-electron chi connectivity index (χ0n) is 13.5. The zero-order valence-corrected chi connectivity index (χ0v) is 13.5. The lowest BCUT2D eigenvalue weighted by atomic mass is 10.1. The first-order valence-electron chi connectivity index (χ1n) is 7.60. The van der Waals surface area contributed by atoms with E-state index < -0.39 is 29.8 Å². The van der Waals surface area contributed by atoms with Gasteiger partial charge in [-0.05, 0) is 20.8 Å². The van der Waals surface area contributed by atoms with Crippen molar-refractivity contribution in [3.05, 3.63) is 29.6 Å². The van der Waals surface area contributed by atoms with Gasteiger partial charge in [0, 0.05) is 43.9 Å². The molecule has 2 rings (SSSR count). The standard InChI is InChI=1S/C16H21F3N2O2/c1-10(2)21-5-4-20(8-11(21)3)15(22)9-23-16-13(18)6-12(17)7-14(16)19/h6-7,10-11H,4-5,8-9H2,1-3H3. The summed E-state index contributed by atoms with van der Waals surface area (Å²) < 4.78 is 44.7. The number of carbonyl (C=O) groups is 1. The van der Waals surface area contributed by atoms with E-state index in [9.17, 15) is 18.0 Å². The van der Waals surface area contributed by atoms with Gasteiger partial charge in [0.1, 0.15) is 5.82 Å². The van der Waals surface area contributed by atoms with E-state index in [-0.39, 0.29) is 11.9 Å². The third kappa shape index (κ3) is 4.16. The van der Waals surface area contributed by atoms with Gasteiger partial charge < -0.3 is 9.64 Å². The summed E-state index contributed by atoms with van der Waals surface area (Å²) in [5, 5.41) is 0. The number of amides is 1. The van der Waals surface area contributed by atoms with Crippen LogP contribution in [0.1, 0.15) is 20.8 Å². The van der Waals surface area contributed by atoms with Gasteiger partial charge in [0.15, 0.2) is 24.0 Å². The van der Waals surface area contributed by atoms with Crippen LogP contribution in [0.2, 0.25) is 0 Å². The van der Waals surface area contributed by atoms with Crippen molar-refractivity contribution >= 4 is 5.91 Å². The van der Waals surface area contributed by atoms with Crippen molar-refractivity contribution in [3.63, 3.8) is 0 Å². The summed E-state index contributed by atoms with van der Waals surface area (Å²) in [5.74, 6) is -4.42. The van der Waals surface area contributed by atoms with Gasteiger partial charge in [-0.1, -0.05) is 0 Å². The predicted octanol–water partition coefficient (Wildman–Crippen LogP) is 2.42. The molecule has 1 unspecified atom stereocenters. The second kappa shape index (κ2) is 7.21. The number of halogens is 3. The fourth-order valence-electron chi connectivity index (χ4n) is 2.86. The van der Waals surface area contributed by atoms with E-state index in [1.165, 1.54) is 0 Å². The van der Waals surface area contributed by atoms with Gasteiger partial charge in [-0.15, -0.1) is 0 Å². The number of hydrogen-bond acceptors (Lipinski definition) is 3. The Morgan fingerprint density at radius 3 is 2.39 bits per heavy atom. The highest BCUT2D eigenvalue weighted by Crippen LogP contribution is 2.23. The van der Waals surface area contributed by atoms with Gasteiger partial charge in [0.05, 0.1) is 0 Å². The molecule has 4 nitrogen and oxygen atoms in total. The molecule has 0 radical (unpaired) electrons. The van der Waals surface area contributed by atoms with Crippen molar-refractivity contribution in [3.8, 4) is 5.75 Å². The number of ether oxygens (including phenoxy) is 1. The second-order valence-electron chi connectivity index (χ2n) is 6.01. The molecule has 1 heterocycles. The Bertz CT molecular complexity index is 557. The van der Waals surface area contributed by atoms with Crippen LogP contribution in [0.25, 0.3) is 0 Å². The lowest BCUT2D eigenvalue weighted by Gasteiger charge is -2.42. The van der Waals surface area contributed by atoms with Gasteiger partial charge in [-0.25, -0.2) is 13.2 Å². The Kier molecular flexibility index (Phi) is 5.51. The molecule has 1 fully saturated rings. The Hall–Kier alpha value is -1.76. The van der Waals surface area contributed by atoms with Gasteiger partial charge in [0.2, 0.25) is 0 Å². The van der Waals surface area contributed by atoms with E-state index in [0.29, 0.717) is 31.3 Å². The Morgan fingerprint density at radius 2 is 1.87 bits per heavy atom. The number of nitrogens with zero attached hydrogens (tertiary/aromatic N) is 2. The van der Waals surface area contributed by atoms with E-state index in [1.54, 1.807) is 4.90 Å². The molecule has 0 bridgehead atoms. The summed E-state index contributed by atoms with van der Waals surface area (Å²) in [4.78, 5) is 16.0. The first-order valence-corrected chi connectivity index (χ1v) is 7.60. The lowest BCUT2D eigenvalue weighted by Crippen LogP contribution is -2.56. The zero-order chi connectivity index (χ0) is 17.1. The second-order valence-corrected chi connectivity index (χ2v) is 6.01. The van der Waals surface area contributed by atoms with Crippen LogP contribution in [0.4, 0.5) is 13.2 Å². The summed E-state index contributed by atoms with van der Waals surface area (Å²) in [7, 11) is 0. The summed E-state index contributed by atoms with van der Waals surface area (Å²) in [6.07, 6.45) is 0. The van der Waals surface area contributed by atoms with Crippen molar-refractivity contribution in [1.29, 1.82) is 0 Å². The van der Waals surface area contributed by atoms with E-state index >= 15 is 0 Å². The van der Waals surface area contributed by atoms with Crippen LogP contribution in [0.3, 0.4) is 0 Å². The van der Waals surface area contributed by atoms with E-state index in [0.717, 1.165) is 6.54 Å². The Morgan fingerprint density at radius 1 is 1.26 bits per heavy atom. The molecular formula is C16H21F3N2O2. The first-order chi connectivity index (χ1) is 10.8. The molecule has 0 saturated carbocycles. The average Bonchev–Trinajstić information content (AvgIpc) is 2.45. The Labute approximate surface area is 133 Å². The molecular weight excluding hydrogens is 309 g/mol. The molecule has 23 heavy (non-hydrogen) atoms. The fourth-order valence-corrected chi connectivity index (χ4v) is 2.86. The number of piperazine rings is 1. The number of benzene rings is 1. The van der Waals surface area contributed by atoms with Gasteiger partial charge >= 0.3 is 0 Å². The van der Waals surface area contributed by atoms with Crippen molar-refractivity contribution in [2.75, 3.05) is 26.2 Å². The largest absolute Gasteiger partial charge is 0.478 e. The first kappa shape index (κ1) is 17.6. The van der Waals surface area contributed by atoms with Crippen molar-refractivity contribution in [2.24, 2.45) is 0 Å². The number of carbonyl (C=O) groups excluding carboxylic acids is 1. The van der Waals surface area contributed by atoms with Crippen LogP contribution in [0, 0.1) is 17.5 Å². The molecule has 0 aromatic heterocycles. The molecule has 1 aliphatic heterocycles. The van der Waals surface area contributed by atoms with Gasteiger partial charge in [-0.3, -0.25) is 9.69 Å². The van der Waals surface area contributed by atoms with Crippen molar-refractivity contribution in [2.45, 2.75) is 32.9 Å². The summed E-state index contributed by atoms with van der Waals surface area (Å²) in [6, 6.07) is 1.63. The van der Waals surface area contributed by atoms with Crippen LogP contribution in [-0.2, 0) is 4.79 Å². The molecule has 1 atom stereocenters. The van der Waals surface area contributed by atoms with Crippen molar-refractivity contribution in [1.82, 2.24) is 9.80 Å². The molecule has 1 amide bonds. The quantitative estimate of drug-likeness (QED) is 0.850. The monoisotopic (exact) mass is 330 g/mol. The minimum absolute atomic E-state index is 0.201. The van der Waals surface area contributed by atoms with E-state index in [2.05, 4.69) is 18.7 Å². The molecule has 0 spiro atoms. The van der Waals surface area contributed by atoms with Gasteiger partial charge in [-0.2, -0.15) is 0 Å². The molecule has 7 heteroatoms. The molecule has 1 saturated heterocycles. The summed E-state index contributed by atoms with van der Waals surface area (Å²) in [6.45, 7) is 7.56. The third-order valence-electron chi connectivity index (χ3n) is 4.00. The molecule has 0 aliphatic carbocycles. The van der Waals surface area contributed by atoms with Crippen LogP contribution in [-0.4, -0.2) is 54.0 Å². The van der Waals surface area contributed by atoms with Crippen LogP contribution in [0.15, 0.2) is 12.1 Å². The minimum atomic E-state index is -1.16. The molecule has 1 aromatic rings. The maximum absolute atomic E-state index is 13.5. The van der Waals surface area contributed by atoms with E-state index in [4.69, 9.17) is 4.74 Å². The average molecular weight is 330 g/mol. The third-order valence-corrected chi connectivity index (χ3v) is 4.00. The highest BCUT2D eigenvalue weighted by molar-refractivity contribution is 5.78. The predicted molar refractivity (Wildman–Crippen MR) is 79.7 cm³/mol. The number of rotatable bonds is 4. The molecule has 1 aliphatic rings. The molecule has 128 valence electrons. The highest BCUT2D eigenvalue weighted by Gasteiger charge is 2.28. The van der Waals surface area contributed by atoms with Gasteiger partial charge in [0.25, 0.3) is 5.91 Å². The maximum Gasteiger partial charge on any atom is 0.260 e. The smallest absolute Gasteiger partial charge is 0.260 e. The van der Waals surface area contributed by atoms with E-state index in [1.807, 2.05) is 6.92 Å². The SMILES string of the molecule is CC(C)N1CCN(C(=O)COc2c(F)cc(F)cc2F)CC1C. The maximum atomic E-state index is 13.5.